The molecule has 0 aromatic carbocycles. The summed E-state index contributed by atoms with van der Waals surface area (Å²) in [5.74, 6) is 0. The van der Waals surface area contributed by atoms with E-state index in [1.165, 1.54) is 6.04 Å². The molecule has 0 amide bonds. The Bertz CT molecular complexity index is 536. The first-order valence-corrected chi connectivity index (χ1v) is 10.5. The summed E-state index contributed by atoms with van der Waals surface area (Å²) in [4.78, 5) is 8.51. The molecule has 98 valence electrons. The van der Waals surface area contributed by atoms with E-state index in [4.69, 9.17) is 4.74 Å². The fourth-order valence-electron chi connectivity index (χ4n) is 1.59. The number of fused-ring (bicyclic) bond motifs is 1. The number of hydrogen-bond donors (Lipinski definition) is 0. The molecule has 6 heteroatoms. The minimum Gasteiger partial charge on any atom is -0.361 e. The number of aromatic nitrogens is 3. The fraction of sp³-hybridized carbons (Fsp3) is 0.500. The normalized spacial score (nSPS) is 12.2. The average Bonchev–Trinajstić information content (AvgIpc) is 2.68. The highest BCUT2D eigenvalue weighted by Gasteiger charge is 2.12. The SMILES string of the molecule is C[Si](C)(C)CCOCn1cnc2c(Br)cncc21. The number of ether oxygens (including phenoxy) is 1. The molecule has 0 unspecified atom stereocenters. The molecule has 0 atom stereocenters. The van der Waals surface area contributed by atoms with Gasteiger partial charge in [-0.3, -0.25) is 4.98 Å². The van der Waals surface area contributed by atoms with Crippen molar-refractivity contribution in [2.45, 2.75) is 32.4 Å². The van der Waals surface area contributed by atoms with Crippen LogP contribution in [0, 0.1) is 0 Å². The molecule has 0 aliphatic rings. The summed E-state index contributed by atoms with van der Waals surface area (Å²) in [7, 11) is -1.01. The molecule has 2 heterocycles. The molecule has 0 aliphatic heterocycles. The molecule has 4 nitrogen and oxygen atoms in total. The summed E-state index contributed by atoms with van der Waals surface area (Å²) in [6, 6.07) is 1.18. The zero-order valence-electron chi connectivity index (χ0n) is 11.0. The average molecular weight is 328 g/mol. The van der Waals surface area contributed by atoms with E-state index in [9.17, 15) is 0 Å². The van der Waals surface area contributed by atoms with E-state index < -0.39 is 8.07 Å². The molecule has 18 heavy (non-hydrogen) atoms. The van der Waals surface area contributed by atoms with Gasteiger partial charge in [0.05, 0.1) is 22.5 Å². The van der Waals surface area contributed by atoms with Crippen LogP contribution in [-0.4, -0.2) is 29.2 Å². The van der Waals surface area contributed by atoms with E-state index in [0.717, 1.165) is 22.1 Å². The van der Waals surface area contributed by atoms with E-state index in [1.54, 1.807) is 12.5 Å². The molecule has 0 fully saturated rings. The summed E-state index contributed by atoms with van der Waals surface area (Å²) >= 11 is 3.44. The van der Waals surface area contributed by atoms with Crippen molar-refractivity contribution in [2.24, 2.45) is 0 Å². The smallest absolute Gasteiger partial charge is 0.124 e. The van der Waals surface area contributed by atoms with E-state index >= 15 is 0 Å². The van der Waals surface area contributed by atoms with Crippen molar-refractivity contribution in [3.05, 3.63) is 23.2 Å². The number of imidazole rings is 1. The molecular formula is C12H18BrN3OSi. The van der Waals surface area contributed by atoms with E-state index in [-0.39, 0.29) is 0 Å². The number of pyridine rings is 1. The Hall–Kier alpha value is -0.723. The number of hydrogen-bond acceptors (Lipinski definition) is 3. The van der Waals surface area contributed by atoms with Gasteiger partial charge >= 0.3 is 0 Å². The minimum atomic E-state index is -1.01. The van der Waals surface area contributed by atoms with Crippen molar-refractivity contribution in [1.29, 1.82) is 0 Å². The van der Waals surface area contributed by atoms with Crippen LogP contribution in [-0.2, 0) is 11.5 Å². The fourth-order valence-corrected chi connectivity index (χ4v) is 2.77. The number of halogens is 1. The molecule has 0 bridgehead atoms. The minimum absolute atomic E-state index is 0.541. The van der Waals surface area contributed by atoms with Gasteiger partial charge in [0.2, 0.25) is 0 Å². The Morgan fingerprint density at radius 3 is 2.83 bits per heavy atom. The second kappa shape index (κ2) is 5.50. The molecule has 0 N–H and O–H groups in total. The highest BCUT2D eigenvalue weighted by Crippen LogP contribution is 2.20. The quantitative estimate of drug-likeness (QED) is 0.623. The van der Waals surface area contributed by atoms with Crippen molar-refractivity contribution >= 4 is 35.0 Å². The molecule has 2 aromatic rings. The first kappa shape index (κ1) is 13.7. The molecule has 0 saturated heterocycles. The Kier molecular flexibility index (Phi) is 4.19. The lowest BCUT2D eigenvalue weighted by Crippen LogP contribution is -2.21. The Balaban J connectivity index is 1.98. The van der Waals surface area contributed by atoms with Gasteiger partial charge < -0.3 is 9.30 Å². The third-order valence-electron chi connectivity index (χ3n) is 2.72. The van der Waals surface area contributed by atoms with E-state index in [2.05, 4.69) is 45.5 Å². The van der Waals surface area contributed by atoms with Crippen LogP contribution in [0.3, 0.4) is 0 Å². The van der Waals surface area contributed by atoms with Crippen LogP contribution in [0.5, 0.6) is 0 Å². The lowest BCUT2D eigenvalue weighted by atomic mass is 10.4. The van der Waals surface area contributed by atoms with Crippen molar-refractivity contribution < 1.29 is 4.74 Å². The van der Waals surface area contributed by atoms with E-state index in [0.29, 0.717) is 6.73 Å². The van der Waals surface area contributed by atoms with Gasteiger partial charge in [0.25, 0.3) is 0 Å². The van der Waals surface area contributed by atoms with Crippen LogP contribution in [0.4, 0.5) is 0 Å². The predicted molar refractivity (Wildman–Crippen MR) is 79.3 cm³/mol. The summed E-state index contributed by atoms with van der Waals surface area (Å²) in [6.07, 6.45) is 5.37. The Labute approximate surface area is 117 Å². The lowest BCUT2D eigenvalue weighted by molar-refractivity contribution is 0.0898. The van der Waals surface area contributed by atoms with Crippen molar-refractivity contribution in [2.75, 3.05) is 6.61 Å². The third kappa shape index (κ3) is 3.40. The summed E-state index contributed by atoms with van der Waals surface area (Å²) < 4.78 is 8.62. The zero-order chi connectivity index (χ0) is 13.2. The van der Waals surface area contributed by atoms with Gasteiger partial charge in [0.1, 0.15) is 12.2 Å². The van der Waals surface area contributed by atoms with Crippen LogP contribution >= 0.6 is 15.9 Å². The van der Waals surface area contributed by atoms with Crippen LogP contribution in [0.25, 0.3) is 11.0 Å². The topological polar surface area (TPSA) is 39.9 Å². The largest absolute Gasteiger partial charge is 0.361 e. The highest BCUT2D eigenvalue weighted by atomic mass is 79.9. The van der Waals surface area contributed by atoms with Gasteiger partial charge in [0, 0.05) is 20.9 Å². The summed E-state index contributed by atoms with van der Waals surface area (Å²) in [6.45, 7) is 8.41. The molecule has 0 saturated carbocycles. The maximum absolute atomic E-state index is 5.72. The zero-order valence-corrected chi connectivity index (χ0v) is 13.6. The highest BCUT2D eigenvalue weighted by molar-refractivity contribution is 9.10. The first-order chi connectivity index (χ1) is 8.47. The second-order valence-electron chi connectivity index (χ2n) is 5.55. The predicted octanol–water partition coefficient (Wildman–Crippen LogP) is 3.51. The molecule has 2 aromatic heterocycles. The van der Waals surface area contributed by atoms with Gasteiger partial charge in [0.15, 0.2) is 0 Å². The monoisotopic (exact) mass is 327 g/mol. The van der Waals surface area contributed by atoms with Crippen LogP contribution in [0.15, 0.2) is 23.2 Å². The summed E-state index contributed by atoms with van der Waals surface area (Å²) in [5.41, 5.74) is 1.93. The Morgan fingerprint density at radius 1 is 1.33 bits per heavy atom. The lowest BCUT2D eigenvalue weighted by Gasteiger charge is -2.15. The van der Waals surface area contributed by atoms with Gasteiger partial charge in [-0.15, -0.1) is 0 Å². The van der Waals surface area contributed by atoms with Gasteiger partial charge in [-0.1, -0.05) is 19.6 Å². The molecular weight excluding hydrogens is 310 g/mol. The van der Waals surface area contributed by atoms with Gasteiger partial charge in [-0.25, -0.2) is 4.98 Å². The molecule has 2 rings (SSSR count). The van der Waals surface area contributed by atoms with E-state index in [1.807, 2.05) is 10.8 Å². The van der Waals surface area contributed by atoms with Crippen LogP contribution in [0.1, 0.15) is 0 Å². The first-order valence-electron chi connectivity index (χ1n) is 5.99. The number of rotatable bonds is 5. The molecule has 0 spiro atoms. The van der Waals surface area contributed by atoms with Crippen LogP contribution < -0.4 is 0 Å². The maximum Gasteiger partial charge on any atom is 0.124 e. The summed E-state index contributed by atoms with van der Waals surface area (Å²) in [5, 5.41) is 0. The van der Waals surface area contributed by atoms with Gasteiger partial charge in [-0.05, 0) is 22.0 Å². The Morgan fingerprint density at radius 2 is 2.11 bits per heavy atom. The maximum atomic E-state index is 5.72. The van der Waals surface area contributed by atoms with Crippen molar-refractivity contribution in [1.82, 2.24) is 14.5 Å². The van der Waals surface area contributed by atoms with Gasteiger partial charge in [-0.2, -0.15) is 0 Å². The van der Waals surface area contributed by atoms with Crippen molar-refractivity contribution in [3.63, 3.8) is 0 Å². The van der Waals surface area contributed by atoms with Crippen LogP contribution in [0.2, 0.25) is 25.7 Å². The second-order valence-corrected chi connectivity index (χ2v) is 12.0. The number of nitrogens with zero attached hydrogens (tertiary/aromatic N) is 3. The van der Waals surface area contributed by atoms with Crippen molar-refractivity contribution in [3.8, 4) is 0 Å². The third-order valence-corrected chi connectivity index (χ3v) is 5.00. The molecule has 0 radical (unpaired) electrons. The standard InChI is InChI=1S/C12H18BrN3OSi/c1-18(2,3)5-4-17-9-16-8-15-12-10(13)6-14-7-11(12)16/h6-8H,4-5,9H2,1-3H3. The molecule has 0 aliphatic carbocycles.